The van der Waals surface area contributed by atoms with Crippen LogP contribution in [0.4, 0.5) is 18.9 Å². The molecule has 4 rings (SSSR count). The van der Waals surface area contributed by atoms with Crippen molar-refractivity contribution in [2.45, 2.75) is 31.1 Å². The van der Waals surface area contributed by atoms with E-state index in [0.29, 0.717) is 15.6 Å². The van der Waals surface area contributed by atoms with Gasteiger partial charge in [-0.25, -0.2) is 36.5 Å². The molecule has 0 saturated heterocycles. The van der Waals surface area contributed by atoms with Crippen molar-refractivity contribution in [2.75, 3.05) is 4.72 Å². The highest BCUT2D eigenvalue weighted by Gasteiger charge is 2.27. The Labute approximate surface area is 208 Å². The maximum atomic E-state index is 15.0. The SMILES string of the molecule is CC(C)(C)c1nc(-c2cc(NS(=O)(=O)c3c(F)cccc3F)ccc2F)c(-c2ccnc(Cl)n2)s1. The maximum absolute atomic E-state index is 15.0. The molecule has 0 unspecified atom stereocenters. The number of hydrogen-bond donors (Lipinski definition) is 1. The molecule has 0 amide bonds. The van der Waals surface area contributed by atoms with E-state index in [1.165, 1.54) is 23.6 Å². The van der Waals surface area contributed by atoms with Crippen LogP contribution in [-0.2, 0) is 15.4 Å². The zero-order chi connectivity index (χ0) is 25.5. The number of anilines is 1. The molecule has 35 heavy (non-hydrogen) atoms. The highest BCUT2D eigenvalue weighted by Crippen LogP contribution is 2.41. The second-order valence-corrected chi connectivity index (χ2v) is 11.5. The molecule has 2 aromatic carbocycles. The second-order valence-electron chi connectivity index (χ2n) is 8.51. The smallest absolute Gasteiger partial charge is 0.267 e. The van der Waals surface area contributed by atoms with Crippen LogP contribution in [0, 0.1) is 17.5 Å². The summed E-state index contributed by atoms with van der Waals surface area (Å²) in [5.74, 6) is -3.19. The van der Waals surface area contributed by atoms with Crippen molar-refractivity contribution < 1.29 is 21.6 Å². The summed E-state index contributed by atoms with van der Waals surface area (Å²) in [6, 6.07) is 7.70. The fourth-order valence-corrected chi connectivity index (χ4v) is 5.62. The zero-order valence-electron chi connectivity index (χ0n) is 18.6. The molecule has 182 valence electrons. The predicted octanol–water partition coefficient (Wildman–Crippen LogP) is 6.44. The van der Waals surface area contributed by atoms with Crippen molar-refractivity contribution in [1.29, 1.82) is 0 Å². The van der Waals surface area contributed by atoms with Crippen molar-refractivity contribution in [1.82, 2.24) is 15.0 Å². The van der Waals surface area contributed by atoms with Gasteiger partial charge in [0, 0.05) is 22.9 Å². The van der Waals surface area contributed by atoms with Gasteiger partial charge in [0.05, 0.1) is 21.3 Å². The molecule has 0 atom stereocenters. The third kappa shape index (κ3) is 5.16. The van der Waals surface area contributed by atoms with Crippen molar-refractivity contribution >= 4 is 38.6 Å². The number of nitrogens with zero attached hydrogens (tertiary/aromatic N) is 3. The lowest BCUT2D eigenvalue weighted by atomic mass is 9.98. The third-order valence-electron chi connectivity index (χ3n) is 4.79. The van der Waals surface area contributed by atoms with Gasteiger partial charge in [0.25, 0.3) is 10.0 Å². The van der Waals surface area contributed by atoms with Crippen LogP contribution in [0.1, 0.15) is 25.8 Å². The van der Waals surface area contributed by atoms with Gasteiger partial charge in [-0.3, -0.25) is 4.72 Å². The van der Waals surface area contributed by atoms with E-state index >= 15 is 4.39 Å². The Balaban J connectivity index is 1.84. The van der Waals surface area contributed by atoms with Crippen molar-refractivity contribution in [3.05, 3.63) is 76.4 Å². The minimum absolute atomic E-state index is 0.00643. The van der Waals surface area contributed by atoms with Gasteiger partial charge in [-0.1, -0.05) is 26.8 Å². The Morgan fingerprint density at radius 2 is 1.66 bits per heavy atom. The quantitative estimate of drug-likeness (QED) is 0.296. The summed E-state index contributed by atoms with van der Waals surface area (Å²) in [5.41, 5.74) is 0.0980. The lowest BCUT2D eigenvalue weighted by Crippen LogP contribution is -2.16. The van der Waals surface area contributed by atoms with Gasteiger partial charge in [0.15, 0.2) is 4.90 Å². The molecular weight excluding hydrogens is 521 g/mol. The zero-order valence-corrected chi connectivity index (χ0v) is 21.0. The second kappa shape index (κ2) is 9.21. The molecule has 12 heteroatoms. The molecule has 0 aliphatic rings. The molecule has 0 saturated carbocycles. The lowest BCUT2D eigenvalue weighted by Gasteiger charge is -2.13. The fourth-order valence-electron chi connectivity index (χ4n) is 3.17. The van der Waals surface area contributed by atoms with E-state index in [2.05, 4.69) is 19.7 Å². The molecule has 6 nitrogen and oxygen atoms in total. The average molecular weight is 539 g/mol. The molecule has 0 aliphatic heterocycles. The van der Waals surface area contributed by atoms with Gasteiger partial charge in [0.1, 0.15) is 17.5 Å². The van der Waals surface area contributed by atoms with Gasteiger partial charge in [-0.15, -0.1) is 11.3 Å². The van der Waals surface area contributed by atoms with Crippen LogP contribution in [0.3, 0.4) is 0 Å². The number of halogens is 4. The molecule has 1 N–H and O–H groups in total. The predicted molar refractivity (Wildman–Crippen MR) is 129 cm³/mol. The summed E-state index contributed by atoms with van der Waals surface area (Å²) >= 11 is 7.24. The Hall–Kier alpha value is -3.02. The number of rotatable bonds is 5. The van der Waals surface area contributed by atoms with E-state index in [4.69, 9.17) is 11.6 Å². The molecular formula is C23H18ClF3N4O2S2. The highest BCUT2D eigenvalue weighted by atomic mass is 35.5. The molecule has 2 heterocycles. The Morgan fingerprint density at radius 1 is 0.971 bits per heavy atom. The first-order valence-corrected chi connectivity index (χ1v) is 12.8. The van der Waals surface area contributed by atoms with Crippen LogP contribution >= 0.6 is 22.9 Å². The van der Waals surface area contributed by atoms with Crippen LogP contribution in [0.2, 0.25) is 5.28 Å². The van der Waals surface area contributed by atoms with E-state index in [0.717, 1.165) is 30.3 Å². The number of sulfonamides is 1. The molecule has 2 aromatic heterocycles. The summed E-state index contributed by atoms with van der Waals surface area (Å²) < 4.78 is 70.7. The topological polar surface area (TPSA) is 84.8 Å². The van der Waals surface area contributed by atoms with Crippen LogP contribution in [0.5, 0.6) is 0 Å². The van der Waals surface area contributed by atoms with Crippen LogP contribution in [0.25, 0.3) is 21.8 Å². The maximum Gasteiger partial charge on any atom is 0.267 e. The fraction of sp³-hybridized carbons (Fsp3) is 0.174. The first-order chi connectivity index (χ1) is 16.4. The lowest BCUT2D eigenvalue weighted by molar-refractivity contribution is 0.521. The van der Waals surface area contributed by atoms with Crippen molar-refractivity contribution in [3.63, 3.8) is 0 Å². The van der Waals surface area contributed by atoms with E-state index in [9.17, 15) is 17.2 Å². The minimum atomic E-state index is -4.65. The normalized spacial score (nSPS) is 12.1. The number of benzene rings is 2. The Kier molecular flexibility index (Phi) is 6.60. The van der Waals surface area contributed by atoms with Gasteiger partial charge in [-0.05, 0) is 48.0 Å². The number of aromatic nitrogens is 3. The summed E-state index contributed by atoms with van der Waals surface area (Å²) in [6.45, 7) is 5.82. The number of hydrogen-bond acceptors (Lipinski definition) is 6. The van der Waals surface area contributed by atoms with Gasteiger partial charge in [-0.2, -0.15) is 0 Å². The Bertz CT molecular complexity index is 1520. The summed E-state index contributed by atoms with van der Waals surface area (Å²) in [4.78, 5) is 12.1. The first kappa shape index (κ1) is 25.1. The van der Waals surface area contributed by atoms with Crippen molar-refractivity contribution in [3.8, 4) is 21.8 Å². The summed E-state index contributed by atoms with van der Waals surface area (Å²) in [5, 5.41) is 0.670. The molecule has 0 spiro atoms. The van der Waals surface area contributed by atoms with Crippen LogP contribution in [0.15, 0.2) is 53.6 Å². The monoisotopic (exact) mass is 538 g/mol. The molecule has 0 aliphatic carbocycles. The number of nitrogens with one attached hydrogen (secondary N) is 1. The molecule has 0 fully saturated rings. The average Bonchev–Trinajstić information content (AvgIpc) is 3.20. The first-order valence-electron chi connectivity index (χ1n) is 10.1. The molecule has 4 aromatic rings. The van der Waals surface area contributed by atoms with Gasteiger partial charge < -0.3 is 0 Å². The Morgan fingerprint density at radius 3 is 2.29 bits per heavy atom. The van der Waals surface area contributed by atoms with Crippen LogP contribution < -0.4 is 4.72 Å². The van der Waals surface area contributed by atoms with E-state index in [1.807, 2.05) is 20.8 Å². The summed E-state index contributed by atoms with van der Waals surface area (Å²) in [6.07, 6.45) is 1.45. The van der Waals surface area contributed by atoms with Gasteiger partial charge >= 0.3 is 0 Å². The summed E-state index contributed by atoms with van der Waals surface area (Å²) in [7, 11) is -4.65. The van der Waals surface area contributed by atoms with Crippen molar-refractivity contribution in [2.24, 2.45) is 0 Å². The largest absolute Gasteiger partial charge is 0.279 e. The molecule has 0 radical (unpaired) electrons. The number of thiazole rings is 1. The van der Waals surface area contributed by atoms with E-state index < -0.39 is 32.4 Å². The highest BCUT2D eigenvalue weighted by molar-refractivity contribution is 7.92. The standard InChI is InChI=1S/C23H18ClF3N4O2S2/c1-23(2,3)21-30-18(19(34-21)17-9-10-28-22(24)29-17)13-11-12(7-8-14(13)25)31-35(32,33)20-15(26)5-4-6-16(20)27/h4-11,31H,1-3H3. The van der Waals surface area contributed by atoms with E-state index in [-0.39, 0.29) is 27.6 Å². The minimum Gasteiger partial charge on any atom is -0.279 e. The third-order valence-corrected chi connectivity index (χ3v) is 7.91. The van der Waals surface area contributed by atoms with E-state index in [1.54, 1.807) is 6.07 Å². The van der Waals surface area contributed by atoms with Crippen LogP contribution in [-0.4, -0.2) is 23.4 Å². The van der Waals surface area contributed by atoms with Gasteiger partial charge in [0.2, 0.25) is 5.28 Å². The molecule has 0 bridgehead atoms.